The fourth-order valence-electron chi connectivity index (χ4n) is 2.48. The molecule has 106 valence electrons. The molecular weight excluding hydrogens is 254 g/mol. The number of hydrogen-bond donors (Lipinski definition) is 1. The van der Waals surface area contributed by atoms with Gasteiger partial charge >= 0.3 is 0 Å². The van der Waals surface area contributed by atoms with Crippen molar-refractivity contribution in [2.45, 2.75) is 12.6 Å². The first-order valence-electron chi connectivity index (χ1n) is 6.88. The van der Waals surface area contributed by atoms with Crippen molar-refractivity contribution in [3.05, 3.63) is 48.3 Å². The Balaban J connectivity index is 1.72. The lowest BCUT2D eigenvalue weighted by molar-refractivity contribution is 0.0562. The van der Waals surface area contributed by atoms with E-state index in [0.29, 0.717) is 19.8 Å². The molecule has 1 aliphatic rings. The molecule has 1 aromatic carbocycles. The second kappa shape index (κ2) is 6.17. The van der Waals surface area contributed by atoms with Crippen LogP contribution in [0.15, 0.2) is 42.7 Å². The Kier molecular flexibility index (Phi) is 4.11. The van der Waals surface area contributed by atoms with E-state index in [2.05, 4.69) is 22.1 Å². The SMILES string of the molecule is OC1COCCN(Cc2cccc(-n3cccn3)c2)C1. The third-order valence-electron chi connectivity index (χ3n) is 3.42. The van der Waals surface area contributed by atoms with Crippen molar-refractivity contribution >= 4 is 0 Å². The molecule has 0 saturated carbocycles. The Morgan fingerprint density at radius 2 is 2.30 bits per heavy atom. The number of β-amino-alcohol motifs (C(OH)–C–C–N with tert-alkyl or cyclic N) is 1. The maximum Gasteiger partial charge on any atom is 0.0900 e. The highest BCUT2D eigenvalue weighted by Crippen LogP contribution is 2.13. The molecule has 0 spiro atoms. The number of aliphatic hydroxyl groups is 1. The van der Waals surface area contributed by atoms with Crippen LogP contribution in [0.4, 0.5) is 0 Å². The van der Waals surface area contributed by atoms with E-state index in [4.69, 9.17) is 4.74 Å². The van der Waals surface area contributed by atoms with E-state index in [-0.39, 0.29) is 0 Å². The molecule has 20 heavy (non-hydrogen) atoms. The van der Waals surface area contributed by atoms with Crippen molar-refractivity contribution in [3.8, 4) is 5.69 Å². The van der Waals surface area contributed by atoms with Gasteiger partial charge in [-0.1, -0.05) is 12.1 Å². The Morgan fingerprint density at radius 3 is 3.15 bits per heavy atom. The third-order valence-corrected chi connectivity index (χ3v) is 3.42. The molecule has 1 fully saturated rings. The van der Waals surface area contributed by atoms with Crippen LogP contribution in [0.1, 0.15) is 5.56 Å². The fourth-order valence-corrected chi connectivity index (χ4v) is 2.48. The van der Waals surface area contributed by atoms with Crippen LogP contribution in [0.25, 0.3) is 5.69 Å². The predicted molar refractivity (Wildman–Crippen MR) is 75.7 cm³/mol. The van der Waals surface area contributed by atoms with Gasteiger partial charge < -0.3 is 9.84 Å². The molecule has 5 heteroatoms. The summed E-state index contributed by atoms with van der Waals surface area (Å²) in [4.78, 5) is 2.22. The molecule has 1 N–H and O–H groups in total. The summed E-state index contributed by atoms with van der Waals surface area (Å²) in [7, 11) is 0. The van der Waals surface area contributed by atoms with Crippen LogP contribution in [0.5, 0.6) is 0 Å². The highest BCUT2D eigenvalue weighted by molar-refractivity contribution is 5.35. The lowest BCUT2D eigenvalue weighted by atomic mass is 10.2. The molecule has 5 nitrogen and oxygen atoms in total. The predicted octanol–water partition coefficient (Wildman–Crippen LogP) is 1.07. The van der Waals surface area contributed by atoms with Gasteiger partial charge in [0.1, 0.15) is 0 Å². The smallest absolute Gasteiger partial charge is 0.0900 e. The zero-order valence-electron chi connectivity index (χ0n) is 11.4. The van der Waals surface area contributed by atoms with E-state index in [1.54, 1.807) is 6.20 Å². The average Bonchev–Trinajstić information content (AvgIpc) is 2.91. The summed E-state index contributed by atoms with van der Waals surface area (Å²) >= 11 is 0. The summed E-state index contributed by atoms with van der Waals surface area (Å²) in [6.45, 7) is 3.43. The van der Waals surface area contributed by atoms with Crippen molar-refractivity contribution in [1.29, 1.82) is 0 Å². The van der Waals surface area contributed by atoms with Crippen molar-refractivity contribution < 1.29 is 9.84 Å². The van der Waals surface area contributed by atoms with Crippen molar-refractivity contribution in [3.63, 3.8) is 0 Å². The van der Waals surface area contributed by atoms with E-state index in [1.807, 2.05) is 29.1 Å². The van der Waals surface area contributed by atoms with Crippen molar-refractivity contribution in [1.82, 2.24) is 14.7 Å². The number of aliphatic hydroxyl groups excluding tert-OH is 1. The van der Waals surface area contributed by atoms with Crippen LogP contribution >= 0.6 is 0 Å². The molecule has 2 aromatic rings. The van der Waals surface area contributed by atoms with Gasteiger partial charge in [0, 0.05) is 32.0 Å². The van der Waals surface area contributed by atoms with Gasteiger partial charge in [0.15, 0.2) is 0 Å². The molecular formula is C15H19N3O2. The molecule has 0 bridgehead atoms. The zero-order valence-corrected chi connectivity index (χ0v) is 11.4. The topological polar surface area (TPSA) is 50.5 Å². The van der Waals surface area contributed by atoms with Crippen molar-refractivity contribution in [2.75, 3.05) is 26.3 Å². The van der Waals surface area contributed by atoms with Crippen molar-refractivity contribution in [2.24, 2.45) is 0 Å². The summed E-state index contributed by atoms with van der Waals surface area (Å²) in [6.07, 6.45) is 3.31. The number of rotatable bonds is 3. The summed E-state index contributed by atoms with van der Waals surface area (Å²) < 4.78 is 7.20. The number of hydrogen-bond acceptors (Lipinski definition) is 4. The normalized spacial score (nSPS) is 20.8. The van der Waals surface area contributed by atoms with Crippen LogP contribution < -0.4 is 0 Å². The van der Waals surface area contributed by atoms with E-state index < -0.39 is 6.10 Å². The molecule has 1 aliphatic heterocycles. The fraction of sp³-hybridized carbons (Fsp3) is 0.400. The summed E-state index contributed by atoms with van der Waals surface area (Å²) in [5.74, 6) is 0. The molecule has 1 unspecified atom stereocenters. The Morgan fingerprint density at radius 1 is 1.35 bits per heavy atom. The van der Waals surface area contributed by atoms with Crippen LogP contribution in [0.3, 0.4) is 0 Å². The first-order valence-corrected chi connectivity index (χ1v) is 6.88. The summed E-state index contributed by atoms with van der Waals surface area (Å²) in [5.41, 5.74) is 2.27. The van der Waals surface area contributed by atoms with Gasteiger partial charge in [-0.15, -0.1) is 0 Å². The maximum absolute atomic E-state index is 9.76. The third kappa shape index (κ3) is 3.25. The maximum atomic E-state index is 9.76. The van der Waals surface area contributed by atoms with E-state index in [0.717, 1.165) is 18.8 Å². The lowest BCUT2D eigenvalue weighted by Crippen LogP contribution is -2.32. The minimum Gasteiger partial charge on any atom is -0.389 e. The molecule has 3 rings (SSSR count). The van der Waals surface area contributed by atoms with Gasteiger partial charge in [0.05, 0.1) is 25.0 Å². The molecule has 1 atom stereocenters. The largest absolute Gasteiger partial charge is 0.389 e. The molecule has 1 aromatic heterocycles. The Labute approximate surface area is 118 Å². The van der Waals surface area contributed by atoms with E-state index in [9.17, 15) is 5.11 Å². The van der Waals surface area contributed by atoms with Gasteiger partial charge in [0.25, 0.3) is 0 Å². The van der Waals surface area contributed by atoms with Gasteiger partial charge in [-0.25, -0.2) is 4.68 Å². The monoisotopic (exact) mass is 273 g/mol. The molecule has 1 saturated heterocycles. The van der Waals surface area contributed by atoms with Gasteiger partial charge in [-0.05, 0) is 23.8 Å². The average molecular weight is 273 g/mol. The van der Waals surface area contributed by atoms with Crippen LogP contribution in [0, 0.1) is 0 Å². The van der Waals surface area contributed by atoms with Crippen LogP contribution in [-0.2, 0) is 11.3 Å². The molecule has 0 aliphatic carbocycles. The Bertz CT molecular complexity index is 542. The quantitative estimate of drug-likeness (QED) is 0.908. The number of benzene rings is 1. The number of aromatic nitrogens is 2. The zero-order chi connectivity index (χ0) is 13.8. The first kappa shape index (κ1) is 13.3. The van der Waals surface area contributed by atoms with E-state index in [1.165, 1.54) is 5.56 Å². The number of nitrogens with zero attached hydrogens (tertiary/aromatic N) is 3. The summed E-state index contributed by atoms with van der Waals surface area (Å²) in [6, 6.07) is 10.2. The molecule has 0 amide bonds. The molecule has 2 heterocycles. The second-order valence-electron chi connectivity index (χ2n) is 5.08. The highest BCUT2D eigenvalue weighted by Gasteiger charge is 2.16. The minimum absolute atomic E-state index is 0.396. The van der Waals surface area contributed by atoms with E-state index >= 15 is 0 Å². The number of ether oxygens (including phenoxy) is 1. The van der Waals surface area contributed by atoms with Gasteiger partial charge in [-0.3, -0.25) is 4.90 Å². The summed E-state index contributed by atoms with van der Waals surface area (Å²) in [5, 5.41) is 14.0. The van der Waals surface area contributed by atoms with Crippen LogP contribution in [-0.4, -0.2) is 52.2 Å². The minimum atomic E-state index is -0.396. The second-order valence-corrected chi connectivity index (χ2v) is 5.08. The Hall–Kier alpha value is -1.69. The standard InChI is InChI=1S/C15H19N3O2/c19-15-11-17(7-8-20-12-15)10-13-3-1-4-14(9-13)18-6-2-5-16-18/h1-6,9,15,19H,7-8,10-12H2. The molecule has 0 radical (unpaired) electrons. The lowest BCUT2D eigenvalue weighted by Gasteiger charge is -2.21. The first-order chi connectivity index (χ1) is 9.81. The van der Waals surface area contributed by atoms with Gasteiger partial charge in [-0.2, -0.15) is 5.10 Å². The van der Waals surface area contributed by atoms with Crippen LogP contribution in [0.2, 0.25) is 0 Å². The highest BCUT2D eigenvalue weighted by atomic mass is 16.5. The van der Waals surface area contributed by atoms with Gasteiger partial charge in [0.2, 0.25) is 0 Å².